The first-order valence-corrected chi connectivity index (χ1v) is 6.73. The van der Waals surface area contributed by atoms with Crippen LogP contribution in [0.5, 0.6) is 11.5 Å². The highest BCUT2D eigenvalue weighted by molar-refractivity contribution is 6.05. The predicted octanol–water partition coefficient (Wildman–Crippen LogP) is 3.70. The second-order valence-electron chi connectivity index (χ2n) is 4.67. The maximum atomic E-state index is 12.3. The Labute approximate surface area is 127 Å². The van der Waals surface area contributed by atoms with Crippen LogP contribution in [0.25, 0.3) is 11.0 Å². The largest absolute Gasteiger partial charge is 0.497 e. The van der Waals surface area contributed by atoms with Gasteiger partial charge in [-0.1, -0.05) is 18.2 Å². The zero-order chi connectivity index (χ0) is 15.5. The van der Waals surface area contributed by atoms with E-state index < -0.39 is 0 Å². The summed E-state index contributed by atoms with van der Waals surface area (Å²) in [5.74, 6) is 1.08. The summed E-state index contributed by atoms with van der Waals surface area (Å²) in [7, 11) is 3.10. The highest BCUT2D eigenvalue weighted by Crippen LogP contribution is 2.29. The normalized spacial score (nSPS) is 10.5. The lowest BCUT2D eigenvalue weighted by Crippen LogP contribution is -2.11. The number of hydrogen-bond donors (Lipinski definition) is 1. The molecule has 1 aromatic heterocycles. The van der Waals surface area contributed by atoms with Crippen molar-refractivity contribution in [1.82, 2.24) is 0 Å². The summed E-state index contributed by atoms with van der Waals surface area (Å²) in [6, 6.07) is 14.3. The minimum absolute atomic E-state index is 0.249. The topological polar surface area (TPSA) is 60.7 Å². The third-order valence-corrected chi connectivity index (χ3v) is 3.31. The molecular formula is C17H15NO4. The molecule has 0 fully saturated rings. The van der Waals surface area contributed by atoms with Crippen molar-refractivity contribution in [3.05, 3.63) is 54.3 Å². The summed E-state index contributed by atoms with van der Waals surface area (Å²) in [5, 5.41) is 3.66. The molecule has 0 saturated heterocycles. The SMILES string of the molecule is COc1ccc(NC(=O)c2cc3ccccc3o2)c(OC)c1. The molecule has 5 nitrogen and oxygen atoms in total. The lowest BCUT2D eigenvalue weighted by atomic mass is 10.2. The molecule has 1 N–H and O–H groups in total. The molecular weight excluding hydrogens is 282 g/mol. The van der Waals surface area contributed by atoms with E-state index in [0.717, 1.165) is 5.39 Å². The highest BCUT2D eigenvalue weighted by Gasteiger charge is 2.14. The minimum atomic E-state index is -0.334. The molecule has 22 heavy (non-hydrogen) atoms. The smallest absolute Gasteiger partial charge is 0.291 e. The first kappa shape index (κ1) is 14.0. The third kappa shape index (κ3) is 2.61. The van der Waals surface area contributed by atoms with Gasteiger partial charge in [-0.3, -0.25) is 4.79 Å². The quantitative estimate of drug-likeness (QED) is 0.797. The molecule has 0 aliphatic rings. The first-order chi connectivity index (χ1) is 10.7. The van der Waals surface area contributed by atoms with E-state index in [-0.39, 0.29) is 11.7 Å². The molecule has 2 aromatic carbocycles. The Balaban J connectivity index is 1.87. The van der Waals surface area contributed by atoms with E-state index in [9.17, 15) is 4.79 Å². The monoisotopic (exact) mass is 297 g/mol. The first-order valence-electron chi connectivity index (χ1n) is 6.73. The summed E-state index contributed by atoms with van der Waals surface area (Å²) in [6.45, 7) is 0. The number of carbonyl (C=O) groups excluding carboxylic acids is 1. The number of fused-ring (bicyclic) bond motifs is 1. The van der Waals surface area contributed by atoms with E-state index in [1.54, 1.807) is 31.4 Å². The molecule has 3 rings (SSSR count). The summed E-state index contributed by atoms with van der Waals surface area (Å²) >= 11 is 0. The van der Waals surface area contributed by atoms with Gasteiger partial charge in [-0.25, -0.2) is 0 Å². The number of carbonyl (C=O) groups is 1. The summed E-state index contributed by atoms with van der Waals surface area (Å²) in [5.41, 5.74) is 1.23. The molecule has 1 heterocycles. The van der Waals surface area contributed by atoms with Gasteiger partial charge in [0.1, 0.15) is 17.1 Å². The van der Waals surface area contributed by atoms with E-state index in [2.05, 4.69) is 5.32 Å². The number of nitrogens with one attached hydrogen (secondary N) is 1. The van der Waals surface area contributed by atoms with Crippen molar-refractivity contribution in [2.45, 2.75) is 0 Å². The van der Waals surface area contributed by atoms with Crippen LogP contribution in [-0.4, -0.2) is 20.1 Å². The van der Waals surface area contributed by atoms with Gasteiger partial charge in [0.2, 0.25) is 0 Å². The number of anilines is 1. The van der Waals surface area contributed by atoms with Gasteiger partial charge in [0, 0.05) is 11.5 Å². The Morgan fingerprint density at radius 1 is 1.05 bits per heavy atom. The molecule has 5 heteroatoms. The van der Waals surface area contributed by atoms with Crippen molar-refractivity contribution >= 4 is 22.6 Å². The van der Waals surface area contributed by atoms with Crippen molar-refractivity contribution in [2.75, 3.05) is 19.5 Å². The Morgan fingerprint density at radius 2 is 1.86 bits per heavy atom. The average Bonchev–Trinajstić information content (AvgIpc) is 2.99. The number of amides is 1. The molecule has 0 saturated carbocycles. The lowest BCUT2D eigenvalue weighted by molar-refractivity contribution is 0.0998. The summed E-state index contributed by atoms with van der Waals surface area (Å²) < 4.78 is 15.9. The molecule has 0 spiro atoms. The van der Waals surface area contributed by atoms with Crippen molar-refractivity contribution in [1.29, 1.82) is 0 Å². The third-order valence-electron chi connectivity index (χ3n) is 3.31. The second-order valence-corrected chi connectivity index (χ2v) is 4.67. The number of furan rings is 1. The Kier molecular flexibility index (Phi) is 3.70. The van der Waals surface area contributed by atoms with Gasteiger partial charge in [0.25, 0.3) is 5.91 Å². The van der Waals surface area contributed by atoms with Gasteiger partial charge in [0.15, 0.2) is 5.76 Å². The maximum absolute atomic E-state index is 12.3. The van der Waals surface area contributed by atoms with Crippen molar-refractivity contribution < 1.29 is 18.7 Å². The molecule has 0 radical (unpaired) electrons. The zero-order valence-electron chi connectivity index (χ0n) is 12.3. The highest BCUT2D eigenvalue weighted by atomic mass is 16.5. The van der Waals surface area contributed by atoms with Crippen LogP contribution < -0.4 is 14.8 Å². The maximum Gasteiger partial charge on any atom is 0.291 e. The van der Waals surface area contributed by atoms with E-state index in [1.807, 2.05) is 24.3 Å². The fraction of sp³-hybridized carbons (Fsp3) is 0.118. The molecule has 0 bridgehead atoms. The van der Waals surface area contributed by atoms with Gasteiger partial charge in [-0.05, 0) is 24.3 Å². The molecule has 1 amide bonds. The number of hydrogen-bond acceptors (Lipinski definition) is 4. The fourth-order valence-corrected chi connectivity index (χ4v) is 2.18. The van der Waals surface area contributed by atoms with Gasteiger partial charge >= 0.3 is 0 Å². The van der Waals surface area contributed by atoms with E-state index in [1.165, 1.54) is 7.11 Å². The lowest BCUT2D eigenvalue weighted by Gasteiger charge is -2.10. The second kappa shape index (κ2) is 5.81. The number of ether oxygens (including phenoxy) is 2. The fourth-order valence-electron chi connectivity index (χ4n) is 2.18. The van der Waals surface area contributed by atoms with E-state index in [4.69, 9.17) is 13.9 Å². The standard InChI is InChI=1S/C17H15NO4/c1-20-12-7-8-13(15(10-12)21-2)18-17(19)16-9-11-5-3-4-6-14(11)22-16/h3-10H,1-2H3,(H,18,19). The number of rotatable bonds is 4. The van der Waals surface area contributed by atoms with Crippen LogP contribution in [-0.2, 0) is 0 Å². The summed E-state index contributed by atoms with van der Waals surface area (Å²) in [4.78, 5) is 12.3. The van der Waals surface area contributed by atoms with Crippen molar-refractivity contribution in [3.8, 4) is 11.5 Å². The predicted molar refractivity (Wildman–Crippen MR) is 83.7 cm³/mol. The van der Waals surface area contributed by atoms with Crippen LogP contribution in [0.2, 0.25) is 0 Å². The van der Waals surface area contributed by atoms with E-state index >= 15 is 0 Å². The molecule has 0 unspecified atom stereocenters. The van der Waals surface area contributed by atoms with Gasteiger partial charge in [0.05, 0.1) is 19.9 Å². The number of methoxy groups -OCH3 is 2. The van der Waals surface area contributed by atoms with Crippen LogP contribution in [0.1, 0.15) is 10.6 Å². The molecule has 0 atom stereocenters. The van der Waals surface area contributed by atoms with Gasteiger partial charge < -0.3 is 19.2 Å². The Morgan fingerprint density at radius 3 is 2.59 bits per heavy atom. The molecule has 3 aromatic rings. The van der Waals surface area contributed by atoms with Gasteiger partial charge in [-0.15, -0.1) is 0 Å². The van der Waals surface area contributed by atoms with Crippen LogP contribution in [0.4, 0.5) is 5.69 Å². The molecule has 0 aliphatic heterocycles. The van der Waals surface area contributed by atoms with Gasteiger partial charge in [-0.2, -0.15) is 0 Å². The van der Waals surface area contributed by atoms with Crippen LogP contribution in [0.3, 0.4) is 0 Å². The number of para-hydroxylation sites is 1. The van der Waals surface area contributed by atoms with Crippen molar-refractivity contribution in [3.63, 3.8) is 0 Å². The average molecular weight is 297 g/mol. The molecule has 112 valence electrons. The van der Waals surface area contributed by atoms with Crippen LogP contribution in [0, 0.1) is 0 Å². The summed E-state index contributed by atoms with van der Waals surface area (Å²) in [6.07, 6.45) is 0. The Hall–Kier alpha value is -2.95. The van der Waals surface area contributed by atoms with Crippen LogP contribution >= 0.6 is 0 Å². The molecule has 0 aliphatic carbocycles. The minimum Gasteiger partial charge on any atom is -0.497 e. The number of benzene rings is 2. The van der Waals surface area contributed by atoms with Crippen molar-refractivity contribution in [2.24, 2.45) is 0 Å². The Bertz CT molecular complexity index is 789. The zero-order valence-corrected chi connectivity index (χ0v) is 12.3. The van der Waals surface area contributed by atoms with E-state index in [0.29, 0.717) is 22.8 Å². The van der Waals surface area contributed by atoms with Crippen LogP contribution in [0.15, 0.2) is 52.9 Å².